The van der Waals surface area contributed by atoms with Crippen LogP contribution in [0.25, 0.3) is 0 Å². The van der Waals surface area contributed by atoms with Gasteiger partial charge < -0.3 is 20.6 Å². The number of sulfonamides is 1. The minimum Gasteiger partial charge on any atom is -0.395 e. The van der Waals surface area contributed by atoms with E-state index in [1.165, 1.54) is 30.5 Å². The maximum atomic E-state index is 13.6. The lowest BCUT2D eigenvalue weighted by molar-refractivity contribution is -0.163. The van der Waals surface area contributed by atoms with E-state index in [1.54, 1.807) is 0 Å². The van der Waals surface area contributed by atoms with Crippen molar-refractivity contribution in [3.8, 4) is 0 Å². The second-order valence-corrected chi connectivity index (χ2v) is 12.6. The number of alkyl halides is 3. The third-order valence-corrected chi connectivity index (χ3v) is 9.21. The minimum atomic E-state index is -4.61. The van der Waals surface area contributed by atoms with Gasteiger partial charge in [-0.15, -0.1) is 0 Å². The summed E-state index contributed by atoms with van der Waals surface area (Å²) in [5.41, 5.74) is -1.62. The van der Waals surface area contributed by atoms with Crippen LogP contribution in [0.5, 0.6) is 0 Å². The van der Waals surface area contributed by atoms with Gasteiger partial charge in [0.1, 0.15) is 5.54 Å². The van der Waals surface area contributed by atoms with Crippen LogP contribution in [-0.2, 0) is 10.0 Å². The maximum Gasteiger partial charge on any atom is 0.411 e. The molecule has 1 aromatic heterocycles. The number of halogens is 3. The summed E-state index contributed by atoms with van der Waals surface area (Å²) in [6.07, 6.45) is 1.36. The zero-order valence-electron chi connectivity index (χ0n) is 21.6. The summed E-state index contributed by atoms with van der Waals surface area (Å²) in [5, 5.41) is 13.8. The number of hydrogen-bond acceptors (Lipinski definition) is 7. The molecule has 1 spiro atoms. The van der Waals surface area contributed by atoms with E-state index < -0.39 is 45.9 Å². The van der Waals surface area contributed by atoms with Crippen molar-refractivity contribution in [2.24, 2.45) is 5.41 Å². The number of aromatic nitrogens is 1. The summed E-state index contributed by atoms with van der Waals surface area (Å²) in [5.74, 6) is -2.22. The van der Waals surface area contributed by atoms with Crippen molar-refractivity contribution in [2.45, 2.75) is 50.2 Å². The van der Waals surface area contributed by atoms with E-state index in [1.807, 2.05) is 10.2 Å². The Kier molecular flexibility index (Phi) is 7.19. The molecule has 2 aromatic rings. The molecule has 216 valence electrons. The number of para-hydroxylation sites is 1. The van der Waals surface area contributed by atoms with E-state index in [0.29, 0.717) is 24.2 Å². The molecule has 40 heavy (non-hydrogen) atoms. The van der Waals surface area contributed by atoms with Gasteiger partial charge in [0.2, 0.25) is 10.0 Å². The van der Waals surface area contributed by atoms with E-state index in [-0.39, 0.29) is 35.3 Å². The predicted octanol–water partition coefficient (Wildman–Crippen LogP) is 3.27. The summed E-state index contributed by atoms with van der Waals surface area (Å²) in [4.78, 5) is 32.2. The van der Waals surface area contributed by atoms with Gasteiger partial charge in [-0.1, -0.05) is 6.07 Å². The van der Waals surface area contributed by atoms with Crippen molar-refractivity contribution < 1.29 is 36.3 Å². The molecule has 14 heteroatoms. The number of carbonyl (C=O) groups is 2. The van der Waals surface area contributed by atoms with Gasteiger partial charge in [-0.3, -0.25) is 19.3 Å². The highest BCUT2D eigenvalue weighted by Crippen LogP contribution is 2.54. The maximum absolute atomic E-state index is 13.6. The Morgan fingerprint density at radius 3 is 2.27 bits per heavy atom. The number of nitrogens with zero attached hydrogens (tertiary/aromatic N) is 2. The molecular weight excluding hydrogens is 551 g/mol. The van der Waals surface area contributed by atoms with Gasteiger partial charge in [-0.05, 0) is 62.1 Å². The SMILES string of the molecule is O=C(NC1(C(F)(F)F)CC1)c1cnccc1NC(=O)c1cccc(NS(=O)(=O)CCO)c1N1CCC2(CC1)CC2. The molecule has 10 nitrogen and oxygen atoms in total. The molecule has 3 aliphatic rings. The molecule has 2 aliphatic carbocycles. The monoisotopic (exact) mass is 581 g/mol. The van der Waals surface area contributed by atoms with E-state index in [4.69, 9.17) is 5.11 Å². The molecule has 1 aromatic carbocycles. The summed E-state index contributed by atoms with van der Waals surface area (Å²) in [6.45, 7) is 0.614. The van der Waals surface area contributed by atoms with Crippen molar-refractivity contribution in [1.29, 1.82) is 0 Å². The first kappa shape index (κ1) is 28.1. The molecule has 2 heterocycles. The van der Waals surface area contributed by atoms with Crippen molar-refractivity contribution >= 4 is 38.9 Å². The van der Waals surface area contributed by atoms with Crippen LogP contribution in [0, 0.1) is 5.41 Å². The first-order valence-corrected chi connectivity index (χ1v) is 14.7. The Balaban J connectivity index is 1.44. The van der Waals surface area contributed by atoms with E-state index in [9.17, 15) is 31.2 Å². The lowest BCUT2D eigenvalue weighted by atomic mass is 9.92. The number of aliphatic hydroxyl groups is 1. The summed E-state index contributed by atoms with van der Waals surface area (Å²) < 4.78 is 67.7. The first-order valence-electron chi connectivity index (χ1n) is 13.0. The van der Waals surface area contributed by atoms with E-state index in [0.717, 1.165) is 31.9 Å². The molecule has 0 atom stereocenters. The van der Waals surface area contributed by atoms with Crippen LogP contribution in [0.2, 0.25) is 0 Å². The van der Waals surface area contributed by atoms with Crippen LogP contribution in [0.4, 0.5) is 30.2 Å². The van der Waals surface area contributed by atoms with Crippen LogP contribution < -0.4 is 20.3 Å². The number of piperidine rings is 1. The normalized spacial score (nSPS) is 19.1. The molecule has 0 radical (unpaired) electrons. The van der Waals surface area contributed by atoms with Gasteiger partial charge in [-0.2, -0.15) is 13.2 Å². The standard InChI is InChI=1S/C26H30F3N5O5S/c27-26(28,29)25(7-8-25)32-23(37)18-16-30-11-4-19(18)31-22(36)17-2-1-3-20(33-40(38,39)15-14-35)21(17)34-12-9-24(5-6-24)10-13-34/h1-4,11,16,33,35H,5-10,12-15H2,(H,32,37)(H,30,31,36). The zero-order valence-corrected chi connectivity index (χ0v) is 22.4. The van der Waals surface area contributed by atoms with Gasteiger partial charge in [0.05, 0.1) is 40.5 Å². The number of nitrogens with one attached hydrogen (secondary N) is 3. The number of anilines is 3. The van der Waals surface area contributed by atoms with Crippen molar-refractivity contribution in [3.05, 3.63) is 47.8 Å². The van der Waals surface area contributed by atoms with Crippen LogP contribution in [0.3, 0.4) is 0 Å². The molecule has 4 N–H and O–H groups in total. The van der Waals surface area contributed by atoms with Crippen LogP contribution in [0.15, 0.2) is 36.7 Å². The van der Waals surface area contributed by atoms with Gasteiger partial charge in [-0.25, -0.2) is 8.42 Å². The molecule has 2 amide bonds. The lowest BCUT2D eigenvalue weighted by Crippen LogP contribution is -2.48. The Labute approximate surface area is 229 Å². The van der Waals surface area contributed by atoms with E-state index in [2.05, 4.69) is 15.0 Å². The average molecular weight is 582 g/mol. The number of benzene rings is 1. The number of carbonyl (C=O) groups excluding carboxylic acids is 2. The van der Waals surface area contributed by atoms with Crippen LogP contribution >= 0.6 is 0 Å². The second-order valence-electron chi connectivity index (χ2n) is 10.7. The number of rotatable bonds is 9. The third-order valence-electron chi connectivity index (χ3n) is 7.96. The molecule has 0 unspecified atom stereocenters. The molecule has 5 rings (SSSR count). The number of aliphatic hydroxyl groups excluding tert-OH is 1. The minimum absolute atomic E-state index is 0.0386. The molecule has 1 saturated heterocycles. The largest absolute Gasteiger partial charge is 0.411 e. The fraction of sp³-hybridized carbons (Fsp3) is 0.500. The number of hydrogen-bond donors (Lipinski definition) is 4. The number of pyridine rings is 1. The van der Waals surface area contributed by atoms with Crippen LogP contribution in [0.1, 0.15) is 59.2 Å². The predicted molar refractivity (Wildman–Crippen MR) is 142 cm³/mol. The van der Waals surface area contributed by atoms with Crippen molar-refractivity contribution in [3.63, 3.8) is 0 Å². The Morgan fingerprint density at radius 2 is 1.68 bits per heavy atom. The molecule has 2 saturated carbocycles. The smallest absolute Gasteiger partial charge is 0.395 e. The average Bonchev–Trinajstić information content (AvgIpc) is 3.82. The van der Waals surface area contributed by atoms with Gasteiger partial charge in [0.15, 0.2) is 0 Å². The summed E-state index contributed by atoms with van der Waals surface area (Å²) in [6, 6.07) is 5.85. The topological polar surface area (TPSA) is 141 Å². The molecule has 0 bridgehead atoms. The molecular formula is C26H30F3N5O5S. The van der Waals surface area contributed by atoms with Crippen molar-refractivity contribution in [1.82, 2.24) is 10.3 Å². The van der Waals surface area contributed by atoms with Crippen LogP contribution in [-0.4, -0.2) is 67.5 Å². The quantitative estimate of drug-likeness (QED) is 0.356. The van der Waals surface area contributed by atoms with Crippen molar-refractivity contribution in [2.75, 3.05) is 40.4 Å². The highest BCUT2D eigenvalue weighted by molar-refractivity contribution is 7.92. The summed E-state index contributed by atoms with van der Waals surface area (Å²) >= 11 is 0. The molecule has 1 aliphatic heterocycles. The fourth-order valence-electron chi connectivity index (χ4n) is 5.13. The number of amides is 2. The van der Waals surface area contributed by atoms with E-state index >= 15 is 0 Å². The Bertz CT molecular complexity index is 1410. The highest BCUT2D eigenvalue weighted by atomic mass is 32.2. The van der Waals surface area contributed by atoms with Gasteiger partial charge >= 0.3 is 6.18 Å². The zero-order chi connectivity index (χ0) is 28.8. The molecule has 3 fully saturated rings. The van der Waals surface area contributed by atoms with Gasteiger partial charge in [0.25, 0.3) is 11.8 Å². The Hall–Kier alpha value is -3.39. The lowest BCUT2D eigenvalue weighted by Gasteiger charge is -2.36. The Morgan fingerprint density at radius 1 is 0.975 bits per heavy atom. The fourth-order valence-corrected chi connectivity index (χ4v) is 5.98. The second kappa shape index (κ2) is 10.2. The third kappa shape index (κ3) is 5.73. The van der Waals surface area contributed by atoms with Gasteiger partial charge in [0, 0.05) is 25.5 Å². The first-order chi connectivity index (χ1) is 18.9. The highest BCUT2D eigenvalue weighted by Gasteiger charge is 2.64. The summed E-state index contributed by atoms with van der Waals surface area (Å²) in [7, 11) is -3.91.